The Kier molecular flexibility index (Phi) is 5.97. The molecule has 3 aromatic rings. The van der Waals surface area contributed by atoms with Crippen LogP contribution in [0.4, 0.5) is 10.2 Å². The Morgan fingerprint density at radius 1 is 1.27 bits per heavy atom. The van der Waals surface area contributed by atoms with Gasteiger partial charge in [0.15, 0.2) is 5.82 Å². The first kappa shape index (κ1) is 19.9. The number of rotatable bonds is 6. The van der Waals surface area contributed by atoms with Gasteiger partial charge in [0, 0.05) is 30.8 Å². The lowest BCUT2D eigenvalue weighted by molar-refractivity contribution is -0.121. The Balaban J connectivity index is 1.37. The van der Waals surface area contributed by atoms with Gasteiger partial charge in [0.05, 0.1) is 19.2 Å². The molecule has 6 nitrogen and oxygen atoms in total. The van der Waals surface area contributed by atoms with E-state index in [-0.39, 0.29) is 24.2 Å². The Labute approximate surface area is 175 Å². The summed E-state index contributed by atoms with van der Waals surface area (Å²) in [6.45, 7) is 1.58. The summed E-state index contributed by atoms with van der Waals surface area (Å²) in [6, 6.07) is 15.9. The molecule has 156 valence electrons. The second-order valence-corrected chi connectivity index (χ2v) is 7.49. The van der Waals surface area contributed by atoms with Crippen molar-refractivity contribution in [3.63, 3.8) is 0 Å². The van der Waals surface area contributed by atoms with Gasteiger partial charge < -0.3 is 15.0 Å². The number of carbonyl (C=O) groups excluding carboxylic acids is 1. The molecule has 2 heterocycles. The van der Waals surface area contributed by atoms with Crippen molar-refractivity contribution in [3.8, 4) is 17.0 Å². The van der Waals surface area contributed by atoms with Gasteiger partial charge in [0.2, 0.25) is 5.91 Å². The molecule has 1 aliphatic rings. The Morgan fingerprint density at radius 2 is 2.07 bits per heavy atom. The topological polar surface area (TPSA) is 70.2 Å². The summed E-state index contributed by atoms with van der Waals surface area (Å²) in [5, 5.41) is 10.6. The van der Waals surface area contributed by atoms with E-state index in [9.17, 15) is 9.18 Å². The van der Waals surface area contributed by atoms with E-state index < -0.39 is 0 Å². The first-order valence-corrected chi connectivity index (χ1v) is 10.1. The summed E-state index contributed by atoms with van der Waals surface area (Å²) in [5.74, 6) is 1.28. The summed E-state index contributed by atoms with van der Waals surface area (Å²) in [7, 11) is 1.61. The monoisotopic (exact) mass is 408 g/mol. The second kappa shape index (κ2) is 8.98. The number of H-pyrrole nitrogens is 1. The quantitative estimate of drug-likeness (QED) is 0.654. The van der Waals surface area contributed by atoms with Crippen LogP contribution < -0.4 is 15.0 Å². The van der Waals surface area contributed by atoms with Crippen LogP contribution >= 0.6 is 0 Å². The Hall–Kier alpha value is -3.35. The van der Waals surface area contributed by atoms with Gasteiger partial charge in [0.1, 0.15) is 11.6 Å². The third-order valence-corrected chi connectivity index (χ3v) is 5.37. The van der Waals surface area contributed by atoms with Crippen LogP contribution in [0, 0.1) is 5.82 Å². The van der Waals surface area contributed by atoms with E-state index in [0.717, 1.165) is 47.8 Å². The molecule has 4 rings (SSSR count). The number of benzene rings is 2. The number of nitrogens with one attached hydrogen (secondary N) is 2. The number of hydrogen-bond acceptors (Lipinski definition) is 4. The molecule has 0 saturated carbocycles. The zero-order valence-corrected chi connectivity index (χ0v) is 16.9. The highest BCUT2D eigenvalue weighted by Gasteiger charge is 2.23. The van der Waals surface area contributed by atoms with E-state index in [1.165, 1.54) is 12.1 Å². The predicted octanol–water partition coefficient (Wildman–Crippen LogP) is 3.55. The fraction of sp³-hybridized carbons (Fsp3) is 0.304. The van der Waals surface area contributed by atoms with Crippen molar-refractivity contribution in [1.29, 1.82) is 0 Å². The fourth-order valence-corrected chi connectivity index (χ4v) is 3.85. The van der Waals surface area contributed by atoms with Crippen molar-refractivity contribution in [2.75, 3.05) is 25.1 Å². The van der Waals surface area contributed by atoms with Crippen molar-refractivity contribution >= 4 is 11.7 Å². The molecule has 30 heavy (non-hydrogen) atoms. The minimum Gasteiger partial charge on any atom is -0.496 e. The van der Waals surface area contributed by atoms with Crippen LogP contribution in [0.2, 0.25) is 0 Å². The van der Waals surface area contributed by atoms with Crippen LogP contribution in [0.5, 0.6) is 5.75 Å². The number of aromatic nitrogens is 2. The molecule has 2 aromatic carbocycles. The molecule has 1 saturated heterocycles. The van der Waals surface area contributed by atoms with Gasteiger partial charge in [-0.25, -0.2) is 4.39 Å². The van der Waals surface area contributed by atoms with E-state index in [1.54, 1.807) is 19.2 Å². The molecule has 0 radical (unpaired) electrons. The van der Waals surface area contributed by atoms with Gasteiger partial charge in [-0.15, -0.1) is 0 Å². The van der Waals surface area contributed by atoms with Crippen LogP contribution in [-0.2, 0) is 11.2 Å². The third-order valence-electron chi connectivity index (χ3n) is 5.37. The number of para-hydroxylation sites is 1. The molecule has 0 aliphatic carbocycles. The molecule has 0 unspecified atom stereocenters. The Bertz CT molecular complexity index is 1000. The van der Waals surface area contributed by atoms with E-state index in [0.29, 0.717) is 6.54 Å². The van der Waals surface area contributed by atoms with Gasteiger partial charge in [-0.1, -0.05) is 18.2 Å². The molecule has 2 N–H and O–H groups in total. The number of methoxy groups -OCH3 is 1. The van der Waals surface area contributed by atoms with E-state index in [2.05, 4.69) is 20.4 Å². The maximum atomic E-state index is 13.2. The normalized spacial score (nSPS) is 16.3. The van der Waals surface area contributed by atoms with Gasteiger partial charge in [-0.2, -0.15) is 5.10 Å². The van der Waals surface area contributed by atoms with Crippen LogP contribution in [0.3, 0.4) is 0 Å². The maximum absolute atomic E-state index is 13.2. The second-order valence-electron chi connectivity index (χ2n) is 7.49. The lowest BCUT2D eigenvalue weighted by Gasteiger charge is -2.33. The summed E-state index contributed by atoms with van der Waals surface area (Å²) in [4.78, 5) is 14.7. The van der Waals surface area contributed by atoms with Gasteiger partial charge in [0.25, 0.3) is 0 Å². The minimum absolute atomic E-state index is 0.0135. The van der Waals surface area contributed by atoms with Gasteiger partial charge >= 0.3 is 0 Å². The lowest BCUT2D eigenvalue weighted by Crippen LogP contribution is -2.48. The highest BCUT2D eigenvalue weighted by Crippen LogP contribution is 2.24. The molecule has 1 aliphatic heterocycles. The van der Waals surface area contributed by atoms with Crippen molar-refractivity contribution < 1.29 is 13.9 Å². The van der Waals surface area contributed by atoms with Gasteiger partial charge in [-0.3, -0.25) is 9.89 Å². The summed E-state index contributed by atoms with van der Waals surface area (Å²) >= 11 is 0. The number of carbonyl (C=O) groups is 1. The minimum atomic E-state index is -0.263. The average molecular weight is 408 g/mol. The molecule has 1 atom stereocenters. The van der Waals surface area contributed by atoms with Crippen LogP contribution in [-0.4, -0.2) is 42.3 Å². The standard InChI is InChI=1S/C23H25FN4O2/c1-30-21-7-3-2-5-17(21)13-23(29)25-19-6-4-12-28(15-19)22-14-20(26-27-22)16-8-10-18(24)11-9-16/h2-3,5,7-11,14,19H,4,6,12-13,15H2,1H3,(H,25,29)(H,26,27)/t19-/m1/s1. The van der Waals surface area contributed by atoms with Crippen molar-refractivity contribution in [3.05, 3.63) is 66.0 Å². The predicted molar refractivity (Wildman–Crippen MR) is 114 cm³/mol. The van der Waals surface area contributed by atoms with Crippen LogP contribution in [0.25, 0.3) is 11.3 Å². The summed E-state index contributed by atoms with van der Waals surface area (Å²) in [5.41, 5.74) is 2.60. The maximum Gasteiger partial charge on any atom is 0.224 e. The van der Waals surface area contributed by atoms with Crippen LogP contribution in [0.1, 0.15) is 18.4 Å². The first-order valence-electron chi connectivity index (χ1n) is 10.1. The molecule has 0 bridgehead atoms. The number of amides is 1. The molecular formula is C23H25FN4O2. The fourth-order valence-electron chi connectivity index (χ4n) is 3.85. The van der Waals surface area contributed by atoms with Crippen LogP contribution in [0.15, 0.2) is 54.6 Å². The number of aromatic amines is 1. The zero-order chi connectivity index (χ0) is 20.9. The van der Waals surface area contributed by atoms with Crippen molar-refractivity contribution in [2.24, 2.45) is 0 Å². The molecule has 0 spiro atoms. The summed E-state index contributed by atoms with van der Waals surface area (Å²) in [6.07, 6.45) is 2.19. The molecular weight excluding hydrogens is 383 g/mol. The van der Waals surface area contributed by atoms with E-state index in [1.807, 2.05) is 30.3 Å². The third kappa shape index (κ3) is 4.62. The van der Waals surface area contributed by atoms with E-state index in [4.69, 9.17) is 4.74 Å². The SMILES string of the molecule is COc1ccccc1CC(=O)N[C@@H]1CCCN(c2cc(-c3ccc(F)cc3)[nH]n2)C1. The number of hydrogen-bond donors (Lipinski definition) is 2. The molecule has 1 aromatic heterocycles. The highest BCUT2D eigenvalue weighted by atomic mass is 19.1. The molecule has 7 heteroatoms. The summed E-state index contributed by atoms with van der Waals surface area (Å²) < 4.78 is 18.5. The smallest absolute Gasteiger partial charge is 0.224 e. The first-order chi connectivity index (χ1) is 14.6. The average Bonchev–Trinajstić information content (AvgIpc) is 3.25. The number of nitrogens with zero attached hydrogens (tertiary/aromatic N) is 2. The van der Waals surface area contributed by atoms with Gasteiger partial charge in [-0.05, 0) is 48.7 Å². The molecule has 1 fully saturated rings. The largest absolute Gasteiger partial charge is 0.496 e. The Morgan fingerprint density at radius 3 is 2.87 bits per heavy atom. The number of halogens is 1. The lowest BCUT2D eigenvalue weighted by atomic mass is 10.0. The van der Waals surface area contributed by atoms with Crippen molar-refractivity contribution in [2.45, 2.75) is 25.3 Å². The van der Waals surface area contributed by atoms with E-state index >= 15 is 0 Å². The highest BCUT2D eigenvalue weighted by molar-refractivity contribution is 5.79. The number of anilines is 1. The number of ether oxygens (including phenoxy) is 1. The van der Waals surface area contributed by atoms with Crippen molar-refractivity contribution in [1.82, 2.24) is 15.5 Å². The zero-order valence-electron chi connectivity index (χ0n) is 16.9. The number of piperidine rings is 1. The molecule has 1 amide bonds.